The van der Waals surface area contributed by atoms with Crippen LogP contribution in [0.3, 0.4) is 0 Å². The largest absolute Gasteiger partial charge is 0.341 e. The molecule has 0 saturated heterocycles. The Morgan fingerprint density at radius 3 is 2.19 bits per heavy atom. The van der Waals surface area contributed by atoms with E-state index in [0.717, 1.165) is 13.1 Å². The number of nitrogens with two attached hydrogens (primary N) is 1. The van der Waals surface area contributed by atoms with Gasteiger partial charge in [-0.3, -0.25) is 4.79 Å². The normalized spacial score (nSPS) is 12.2. The molecule has 1 rings (SSSR count). The first-order valence-corrected chi connectivity index (χ1v) is 7.57. The third-order valence-corrected chi connectivity index (χ3v) is 3.02. The van der Waals surface area contributed by atoms with E-state index >= 15 is 0 Å². The second-order valence-corrected chi connectivity index (χ2v) is 7.11. The summed E-state index contributed by atoms with van der Waals surface area (Å²) >= 11 is 0. The van der Waals surface area contributed by atoms with E-state index in [4.69, 9.17) is 5.73 Å². The Balaban J connectivity index is 2.74. The molecule has 0 bridgehead atoms. The van der Waals surface area contributed by atoms with Crippen molar-refractivity contribution in [3.63, 3.8) is 0 Å². The first kappa shape index (κ1) is 17.6. The Morgan fingerprint density at radius 1 is 1.29 bits per heavy atom. The number of carbonyl (C=O) groups excluding carboxylic acids is 1. The van der Waals surface area contributed by atoms with E-state index in [-0.39, 0.29) is 12.5 Å². The van der Waals surface area contributed by atoms with Crippen molar-refractivity contribution in [2.24, 2.45) is 17.6 Å². The van der Waals surface area contributed by atoms with Crippen molar-refractivity contribution in [1.82, 2.24) is 19.9 Å². The van der Waals surface area contributed by atoms with Gasteiger partial charge in [0.2, 0.25) is 5.91 Å². The Labute approximate surface area is 127 Å². The van der Waals surface area contributed by atoms with Crippen LogP contribution in [0.4, 0.5) is 0 Å². The van der Waals surface area contributed by atoms with Gasteiger partial charge in [-0.2, -0.15) is 0 Å². The van der Waals surface area contributed by atoms with Crippen LogP contribution >= 0.6 is 0 Å². The second kappa shape index (κ2) is 7.02. The van der Waals surface area contributed by atoms with Gasteiger partial charge in [-0.25, -0.2) is 4.68 Å². The van der Waals surface area contributed by atoms with Crippen LogP contribution in [-0.4, -0.2) is 38.9 Å². The molecule has 0 saturated carbocycles. The minimum atomic E-state index is -0.545. The van der Waals surface area contributed by atoms with Gasteiger partial charge in [0.15, 0.2) is 0 Å². The molecule has 0 aliphatic rings. The number of amides is 1. The fraction of sp³-hybridized carbons (Fsp3) is 0.800. The zero-order valence-corrected chi connectivity index (χ0v) is 14.1. The maximum atomic E-state index is 12.4. The van der Waals surface area contributed by atoms with Gasteiger partial charge in [-0.05, 0) is 25.7 Å². The lowest BCUT2D eigenvalue weighted by Gasteiger charge is -2.26. The summed E-state index contributed by atoms with van der Waals surface area (Å²) in [5.41, 5.74) is 6.13. The standard InChI is InChI=1S/C15H29N5O/c1-11(2)7-19(8-12(3)4)14(21)10-20-9-13(17-18-20)15(5,6)16/h9,11-12H,7-8,10,16H2,1-6H3. The van der Waals surface area contributed by atoms with Gasteiger partial charge in [-0.15, -0.1) is 5.10 Å². The van der Waals surface area contributed by atoms with E-state index in [1.165, 1.54) is 0 Å². The first-order valence-electron chi connectivity index (χ1n) is 7.57. The molecule has 6 nitrogen and oxygen atoms in total. The maximum Gasteiger partial charge on any atom is 0.244 e. The van der Waals surface area contributed by atoms with Crippen LogP contribution in [0.25, 0.3) is 0 Å². The van der Waals surface area contributed by atoms with Crippen LogP contribution in [0.5, 0.6) is 0 Å². The minimum absolute atomic E-state index is 0.0728. The summed E-state index contributed by atoms with van der Waals surface area (Å²) in [6, 6.07) is 0. The number of hydrogen-bond donors (Lipinski definition) is 1. The van der Waals surface area contributed by atoms with Crippen LogP contribution in [0.2, 0.25) is 0 Å². The molecule has 0 spiro atoms. The molecule has 1 amide bonds. The highest BCUT2D eigenvalue weighted by Gasteiger charge is 2.21. The summed E-state index contributed by atoms with van der Waals surface area (Å²) < 4.78 is 1.57. The molecule has 0 aromatic carbocycles. The summed E-state index contributed by atoms with van der Waals surface area (Å²) in [6.45, 7) is 13.9. The summed E-state index contributed by atoms with van der Waals surface area (Å²) in [5, 5.41) is 8.04. The Kier molecular flexibility index (Phi) is 5.89. The molecule has 6 heteroatoms. The van der Waals surface area contributed by atoms with Gasteiger partial charge in [-0.1, -0.05) is 32.9 Å². The minimum Gasteiger partial charge on any atom is -0.341 e. The van der Waals surface area contributed by atoms with E-state index in [9.17, 15) is 4.79 Å². The number of nitrogens with zero attached hydrogens (tertiary/aromatic N) is 4. The second-order valence-electron chi connectivity index (χ2n) is 7.11. The maximum absolute atomic E-state index is 12.4. The van der Waals surface area contributed by atoms with Crippen molar-refractivity contribution in [3.05, 3.63) is 11.9 Å². The zero-order chi connectivity index (χ0) is 16.2. The smallest absolute Gasteiger partial charge is 0.244 e. The highest BCUT2D eigenvalue weighted by atomic mass is 16.2. The van der Waals surface area contributed by atoms with Gasteiger partial charge >= 0.3 is 0 Å². The fourth-order valence-corrected chi connectivity index (χ4v) is 2.07. The Morgan fingerprint density at radius 2 is 1.81 bits per heavy atom. The lowest BCUT2D eigenvalue weighted by molar-refractivity contribution is -0.133. The number of hydrogen-bond acceptors (Lipinski definition) is 4. The monoisotopic (exact) mass is 295 g/mol. The van der Waals surface area contributed by atoms with Crippen molar-refractivity contribution >= 4 is 5.91 Å². The van der Waals surface area contributed by atoms with Crippen LogP contribution in [0, 0.1) is 11.8 Å². The lowest BCUT2D eigenvalue weighted by atomic mass is 10.0. The first-order chi connectivity index (χ1) is 9.59. The van der Waals surface area contributed by atoms with E-state index in [1.807, 2.05) is 18.7 Å². The predicted molar refractivity (Wildman–Crippen MR) is 83.5 cm³/mol. The molecule has 0 aliphatic heterocycles. The highest BCUT2D eigenvalue weighted by Crippen LogP contribution is 2.12. The van der Waals surface area contributed by atoms with Crippen molar-refractivity contribution in [1.29, 1.82) is 0 Å². The van der Waals surface area contributed by atoms with E-state index in [1.54, 1.807) is 10.9 Å². The SMILES string of the molecule is CC(C)CN(CC(C)C)C(=O)Cn1cc(C(C)(C)N)nn1. The molecule has 0 unspecified atom stereocenters. The van der Waals surface area contributed by atoms with Gasteiger partial charge in [0.05, 0.1) is 11.7 Å². The quantitative estimate of drug-likeness (QED) is 0.829. The number of aromatic nitrogens is 3. The van der Waals surface area contributed by atoms with Crippen molar-refractivity contribution in [2.45, 2.75) is 53.6 Å². The van der Waals surface area contributed by atoms with Crippen LogP contribution < -0.4 is 5.73 Å². The van der Waals surface area contributed by atoms with Crippen molar-refractivity contribution < 1.29 is 4.79 Å². The summed E-state index contributed by atoms with van der Waals surface area (Å²) in [6.07, 6.45) is 1.75. The van der Waals surface area contributed by atoms with Gasteiger partial charge in [0.1, 0.15) is 12.2 Å². The topological polar surface area (TPSA) is 77.0 Å². The van der Waals surface area contributed by atoms with Crippen LogP contribution in [-0.2, 0) is 16.9 Å². The van der Waals surface area contributed by atoms with Crippen molar-refractivity contribution in [2.75, 3.05) is 13.1 Å². The molecule has 2 N–H and O–H groups in total. The summed E-state index contributed by atoms with van der Waals surface area (Å²) in [7, 11) is 0. The molecule has 0 fully saturated rings. The molecule has 1 aromatic rings. The molecule has 0 radical (unpaired) electrons. The summed E-state index contributed by atoms with van der Waals surface area (Å²) in [5.74, 6) is 0.965. The Bertz CT molecular complexity index is 449. The van der Waals surface area contributed by atoms with E-state index in [2.05, 4.69) is 38.0 Å². The molecular formula is C15H29N5O. The third kappa shape index (κ3) is 5.83. The fourth-order valence-electron chi connectivity index (χ4n) is 2.07. The summed E-state index contributed by atoms with van der Waals surface area (Å²) in [4.78, 5) is 14.4. The lowest BCUT2D eigenvalue weighted by Crippen LogP contribution is -2.39. The van der Waals surface area contributed by atoms with E-state index < -0.39 is 5.54 Å². The molecule has 1 heterocycles. The zero-order valence-electron chi connectivity index (χ0n) is 14.1. The number of rotatable bonds is 7. The van der Waals surface area contributed by atoms with E-state index in [0.29, 0.717) is 17.5 Å². The molecule has 0 aliphatic carbocycles. The molecule has 21 heavy (non-hydrogen) atoms. The predicted octanol–water partition coefficient (Wildman–Crippen LogP) is 1.61. The van der Waals surface area contributed by atoms with Crippen LogP contribution in [0.1, 0.15) is 47.2 Å². The molecule has 120 valence electrons. The molecular weight excluding hydrogens is 266 g/mol. The van der Waals surface area contributed by atoms with Crippen LogP contribution in [0.15, 0.2) is 6.20 Å². The van der Waals surface area contributed by atoms with Crippen molar-refractivity contribution in [3.8, 4) is 0 Å². The Hall–Kier alpha value is -1.43. The average molecular weight is 295 g/mol. The molecule has 1 aromatic heterocycles. The third-order valence-electron chi connectivity index (χ3n) is 3.02. The molecule has 0 atom stereocenters. The highest BCUT2D eigenvalue weighted by molar-refractivity contribution is 5.75. The van der Waals surface area contributed by atoms with Gasteiger partial charge < -0.3 is 10.6 Å². The number of carbonyl (C=O) groups is 1. The van der Waals surface area contributed by atoms with Gasteiger partial charge in [0.25, 0.3) is 0 Å². The van der Waals surface area contributed by atoms with Gasteiger partial charge in [0, 0.05) is 13.1 Å². The average Bonchev–Trinajstić information content (AvgIpc) is 2.74.